The van der Waals surface area contributed by atoms with E-state index in [2.05, 4.69) is 6.58 Å². The van der Waals surface area contributed by atoms with Crippen LogP contribution in [-0.4, -0.2) is 0 Å². The highest BCUT2D eigenvalue weighted by molar-refractivity contribution is 5.52. The van der Waals surface area contributed by atoms with Gasteiger partial charge in [0.25, 0.3) is 0 Å². The molecule has 0 radical (unpaired) electrons. The molecular weight excluding hydrogens is 151 g/mol. The van der Waals surface area contributed by atoms with E-state index in [0.29, 0.717) is 5.56 Å². The van der Waals surface area contributed by atoms with Gasteiger partial charge in [-0.3, -0.25) is 0 Å². The standard InChI is InChI=1S/C11H11F/c1-9(2)7-8-10-5-3-4-6-11(10)12/h3-8H,1H2,2H3/b8-7+. The van der Waals surface area contributed by atoms with Crippen LogP contribution in [0, 0.1) is 5.82 Å². The summed E-state index contributed by atoms with van der Waals surface area (Å²) in [7, 11) is 0. The van der Waals surface area contributed by atoms with Gasteiger partial charge in [0.05, 0.1) is 0 Å². The lowest BCUT2D eigenvalue weighted by molar-refractivity contribution is 0.625. The van der Waals surface area contributed by atoms with E-state index in [0.717, 1.165) is 5.57 Å². The van der Waals surface area contributed by atoms with Crippen LogP contribution in [0.2, 0.25) is 0 Å². The van der Waals surface area contributed by atoms with Gasteiger partial charge in [0.2, 0.25) is 0 Å². The molecule has 0 aliphatic carbocycles. The first-order valence-electron chi connectivity index (χ1n) is 3.78. The minimum Gasteiger partial charge on any atom is -0.206 e. The number of benzene rings is 1. The maximum absolute atomic E-state index is 13.0. The molecular formula is C11H11F. The normalized spacial score (nSPS) is 10.5. The Balaban J connectivity index is 2.89. The summed E-state index contributed by atoms with van der Waals surface area (Å²) in [4.78, 5) is 0. The molecule has 62 valence electrons. The minimum atomic E-state index is -0.199. The Kier molecular flexibility index (Phi) is 2.81. The third kappa shape index (κ3) is 2.35. The molecule has 1 aromatic rings. The molecule has 12 heavy (non-hydrogen) atoms. The Morgan fingerprint density at radius 1 is 1.42 bits per heavy atom. The van der Waals surface area contributed by atoms with Crippen molar-refractivity contribution in [3.05, 3.63) is 53.9 Å². The van der Waals surface area contributed by atoms with Gasteiger partial charge in [0, 0.05) is 5.56 Å². The zero-order chi connectivity index (χ0) is 8.97. The minimum absolute atomic E-state index is 0.199. The zero-order valence-electron chi connectivity index (χ0n) is 7.05. The van der Waals surface area contributed by atoms with Crippen molar-refractivity contribution in [2.24, 2.45) is 0 Å². The summed E-state index contributed by atoms with van der Waals surface area (Å²) < 4.78 is 13.0. The van der Waals surface area contributed by atoms with E-state index < -0.39 is 0 Å². The third-order valence-electron chi connectivity index (χ3n) is 1.45. The van der Waals surface area contributed by atoms with Crippen molar-refractivity contribution in [1.29, 1.82) is 0 Å². The van der Waals surface area contributed by atoms with Gasteiger partial charge in [-0.1, -0.05) is 42.5 Å². The summed E-state index contributed by atoms with van der Waals surface area (Å²) in [6.07, 6.45) is 3.51. The van der Waals surface area contributed by atoms with Crippen LogP contribution in [0.5, 0.6) is 0 Å². The van der Waals surface area contributed by atoms with Crippen LogP contribution >= 0.6 is 0 Å². The molecule has 1 rings (SSSR count). The van der Waals surface area contributed by atoms with Crippen LogP contribution < -0.4 is 0 Å². The highest BCUT2D eigenvalue weighted by Crippen LogP contribution is 2.08. The topological polar surface area (TPSA) is 0 Å². The SMILES string of the molecule is C=C(C)/C=C/c1ccccc1F. The van der Waals surface area contributed by atoms with Gasteiger partial charge in [-0.05, 0) is 13.0 Å². The molecule has 0 saturated heterocycles. The van der Waals surface area contributed by atoms with E-state index in [-0.39, 0.29) is 5.82 Å². The fourth-order valence-corrected chi connectivity index (χ4v) is 0.842. The Hall–Kier alpha value is -1.37. The molecule has 0 aliphatic heterocycles. The second kappa shape index (κ2) is 3.86. The number of allylic oxidation sites excluding steroid dienone is 2. The predicted octanol–water partition coefficient (Wildman–Crippen LogP) is 3.42. The average molecular weight is 162 g/mol. The molecule has 0 atom stereocenters. The van der Waals surface area contributed by atoms with Crippen LogP contribution in [0.4, 0.5) is 4.39 Å². The molecule has 0 N–H and O–H groups in total. The number of halogens is 1. The van der Waals surface area contributed by atoms with Crippen LogP contribution in [0.15, 0.2) is 42.5 Å². The van der Waals surface area contributed by atoms with Gasteiger partial charge >= 0.3 is 0 Å². The summed E-state index contributed by atoms with van der Waals surface area (Å²) >= 11 is 0. The molecule has 0 amide bonds. The lowest BCUT2D eigenvalue weighted by Crippen LogP contribution is -1.78. The van der Waals surface area contributed by atoms with Crippen molar-refractivity contribution < 1.29 is 4.39 Å². The van der Waals surface area contributed by atoms with E-state index in [1.807, 2.05) is 6.92 Å². The van der Waals surface area contributed by atoms with Crippen molar-refractivity contribution in [3.8, 4) is 0 Å². The quantitative estimate of drug-likeness (QED) is 0.584. The van der Waals surface area contributed by atoms with Gasteiger partial charge in [-0.25, -0.2) is 4.39 Å². The van der Waals surface area contributed by atoms with E-state index in [1.165, 1.54) is 6.07 Å². The Bertz CT molecular complexity index is 311. The summed E-state index contributed by atoms with van der Waals surface area (Å²) in [5, 5.41) is 0. The summed E-state index contributed by atoms with van der Waals surface area (Å²) in [6, 6.07) is 6.65. The molecule has 0 unspecified atom stereocenters. The monoisotopic (exact) mass is 162 g/mol. The second-order valence-corrected chi connectivity index (χ2v) is 2.70. The molecule has 0 bridgehead atoms. The number of hydrogen-bond acceptors (Lipinski definition) is 0. The fraction of sp³-hybridized carbons (Fsp3) is 0.0909. The van der Waals surface area contributed by atoms with Gasteiger partial charge in [-0.15, -0.1) is 0 Å². The first kappa shape index (κ1) is 8.72. The average Bonchev–Trinajstić information content (AvgIpc) is 2.03. The Labute approximate surface area is 72.0 Å². The Morgan fingerprint density at radius 2 is 2.08 bits per heavy atom. The van der Waals surface area contributed by atoms with Gasteiger partial charge in [-0.2, -0.15) is 0 Å². The smallest absolute Gasteiger partial charge is 0.130 e. The maximum atomic E-state index is 13.0. The van der Waals surface area contributed by atoms with Crippen molar-refractivity contribution in [2.45, 2.75) is 6.92 Å². The molecule has 0 aromatic heterocycles. The lowest BCUT2D eigenvalue weighted by Gasteiger charge is -1.94. The van der Waals surface area contributed by atoms with E-state index in [1.54, 1.807) is 30.4 Å². The van der Waals surface area contributed by atoms with Crippen molar-refractivity contribution in [2.75, 3.05) is 0 Å². The first-order chi connectivity index (χ1) is 5.70. The first-order valence-corrected chi connectivity index (χ1v) is 3.78. The summed E-state index contributed by atoms with van der Waals surface area (Å²) in [5.74, 6) is -0.199. The second-order valence-electron chi connectivity index (χ2n) is 2.70. The fourth-order valence-electron chi connectivity index (χ4n) is 0.842. The number of hydrogen-bond donors (Lipinski definition) is 0. The zero-order valence-corrected chi connectivity index (χ0v) is 7.05. The molecule has 0 saturated carbocycles. The highest BCUT2D eigenvalue weighted by Gasteiger charge is 1.93. The van der Waals surface area contributed by atoms with E-state index in [4.69, 9.17) is 0 Å². The predicted molar refractivity (Wildman–Crippen MR) is 50.2 cm³/mol. The largest absolute Gasteiger partial charge is 0.206 e. The summed E-state index contributed by atoms with van der Waals surface area (Å²) in [6.45, 7) is 5.56. The molecule has 1 heteroatoms. The van der Waals surface area contributed by atoms with Gasteiger partial charge in [0.15, 0.2) is 0 Å². The third-order valence-corrected chi connectivity index (χ3v) is 1.45. The van der Waals surface area contributed by atoms with Crippen LogP contribution in [0.3, 0.4) is 0 Å². The van der Waals surface area contributed by atoms with Crippen molar-refractivity contribution in [1.82, 2.24) is 0 Å². The lowest BCUT2D eigenvalue weighted by atomic mass is 10.2. The van der Waals surface area contributed by atoms with E-state index in [9.17, 15) is 4.39 Å². The van der Waals surface area contributed by atoms with E-state index >= 15 is 0 Å². The van der Waals surface area contributed by atoms with Gasteiger partial charge in [0.1, 0.15) is 5.82 Å². The summed E-state index contributed by atoms with van der Waals surface area (Å²) in [5.41, 5.74) is 1.51. The molecule has 1 aromatic carbocycles. The number of rotatable bonds is 2. The van der Waals surface area contributed by atoms with Crippen molar-refractivity contribution in [3.63, 3.8) is 0 Å². The van der Waals surface area contributed by atoms with Crippen LogP contribution in [0.25, 0.3) is 6.08 Å². The van der Waals surface area contributed by atoms with Crippen molar-refractivity contribution >= 4 is 6.08 Å². The Morgan fingerprint density at radius 3 is 2.67 bits per heavy atom. The molecule has 0 heterocycles. The maximum Gasteiger partial charge on any atom is 0.130 e. The van der Waals surface area contributed by atoms with Gasteiger partial charge < -0.3 is 0 Å². The van der Waals surface area contributed by atoms with Crippen LogP contribution in [0.1, 0.15) is 12.5 Å². The highest BCUT2D eigenvalue weighted by atomic mass is 19.1. The molecule has 0 aliphatic rings. The molecule has 0 spiro atoms. The van der Waals surface area contributed by atoms with Crippen LogP contribution in [-0.2, 0) is 0 Å². The molecule has 0 nitrogen and oxygen atoms in total. The molecule has 0 fully saturated rings.